The van der Waals surface area contributed by atoms with Gasteiger partial charge in [0.25, 0.3) is 5.91 Å². The normalized spacial score (nSPS) is 20.6. The first-order chi connectivity index (χ1) is 21.3. The maximum atomic E-state index is 12.8. The molecule has 0 aromatic heterocycles. The first-order valence-corrected chi connectivity index (χ1v) is 17.4. The van der Waals surface area contributed by atoms with E-state index in [1.165, 1.54) is 55.7 Å². The van der Waals surface area contributed by atoms with Gasteiger partial charge in [0, 0.05) is 29.8 Å². The van der Waals surface area contributed by atoms with Gasteiger partial charge in [0.2, 0.25) is 0 Å². The Morgan fingerprint density at radius 2 is 1.64 bits per heavy atom. The molecule has 7 nitrogen and oxygen atoms in total. The van der Waals surface area contributed by atoms with Gasteiger partial charge in [0.1, 0.15) is 5.70 Å². The van der Waals surface area contributed by atoms with E-state index in [1.807, 2.05) is 0 Å². The summed E-state index contributed by atoms with van der Waals surface area (Å²) >= 11 is 0. The van der Waals surface area contributed by atoms with Gasteiger partial charge in [-0.05, 0) is 82.4 Å². The third kappa shape index (κ3) is 13.8. The molecule has 45 heavy (non-hydrogen) atoms. The van der Waals surface area contributed by atoms with Gasteiger partial charge in [-0.3, -0.25) is 14.6 Å². The molecule has 2 heterocycles. The number of ketones is 1. The van der Waals surface area contributed by atoms with Crippen LogP contribution < -0.4 is 5.73 Å². The molecule has 1 atom stereocenters. The zero-order valence-electron chi connectivity index (χ0n) is 30.1. The number of nitrogens with zero attached hydrogens (tertiary/aromatic N) is 2. The summed E-state index contributed by atoms with van der Waals surface area (Å²) in [5.74, 6) is 0.748. The van der Waals surface area contributed by atoms with Crippen LogP contribution in [-0.2, 0) is 14.3 Å². The second-order valence-electron chi connectivity index (χ2n) is 13.4. The Morgan fingerprint density at radius 3 is 2.07 bits per heavy atom. The van der Waals surface area contributed by atoms with Crippen molar-refractivity contribution in [3.63, 3.8) is 0 Å². The van der Waals surface area contributed by atoms with E-state index < -0.39 is 6.10 Å². The lowest BCUT2D eigenvalue weighted by atomic mass is 9.76. The van der Waals surface area contributed by atoms with Crippen LogP contribution in [-0.4, -0.2) is 66.4 Å². The summed E-state index contributed by atoms with van der Waals surface area (Å²) in [7, 11) is 0. The first kappa shape index (κ1) is 40.5. The van der Waals surface area contributed by atoms with Crippen LogP contribution in [0.1, 0.15) is 122 Å². The molecular formula is C38H65N3O4. The van der Waals surface area contributed by atoms with Crippen molar-refractivity contribution < 1.29 is 19.4 Å². The number of nitrogens with two attached hydrogens (primary N) is 1. The van der Waals surface area contributed by atoms with Crippen molar-refractivity contribution in [1.82, 2.24) is 4.90 Å². The van der Waals surface area contributed by atoms with Crippen LogP contribution in [0.5, 0.6) is 0 Å². The van der Waals surface area contributed by atoms with E-state index in [0.717, 1.165) is 49.3 Å². The SMILES string of the molecule is CC(=O)CN=C1CCC/C1=C(/N)C(=O)N1CCC2(CC1)COCC2O.CCCC.CCCCC(C)C.Cc1cccc(C)c1C. The molecule has 2 aliphatic heterocycles. The second-order valence-corrected chi connectivity index (χ2v) is 13.4. The predicted octanol–water partition coefficient (Wildman–Crippen LogP) is 7.66. The summed E-state index contributed by atoms with van der Waals surface area (Å²) < 4.78 is 5.40. The quantitative estimate of drug-likeness (QED) is 0.302. The predicted molar refractivity (Wildman–Crippen MR) is 189 cm³/mol. The Bertz CT molecular complexity index is 1080. The number of carbonyl (C=O) groups is 2. The number of benzene rings is 1. The molecule has 3 N–H and O–H groups in total. The van der Waals surface area contributed by atoms with Gasteiger partial charge in [-0.1, -0.05) is 84.9 Å². The number of aliphatic imine (C=N–C) groups is 1. The summed E-state index contributed by atoms with van der Waals surface area (Å²) in [6.07, 6.45) is 10.2. The number of hydrogen-bond donors (Lipinski definition) is 2. The molecule has 256 valence electrons. The van der Waals surface area contributed by atoms with Crippen LogP contribution in [0.25, 0.3) is 0 Å². The molecule has 1 saturated carbocycles. The van der Waals surface area contributed by atoms with Gasteiger partial charge in [0.15, 0.2) is 5.78 Å². The number of aliphatic hydroxyl groups excluding tert-OH is 1. The molecule has 3 aliphatic rings. The maximum Gasteiger partial charge on any atom is 0.270 e. The number of ether oxygens (including phenoxy) is 1. The van der Waals surface area contributed by atoms with Gasteiger partial charge in [-0.2, -0.15) is 0 Å². The van der Waals surface area contributed by atoms with Crippen molar-refractivity contribution in [3.8, 4) is 0 Å². The topological polar surface area (TPSA) is 105 Å². The van der Waals surface area contributed by atoms with Crippen molar-refractivity contribution in [2.75, 3.05) is 32.8 Å². The highest BCUT2D eigenvalue weighted by atomic mass is 16.5. The summed E-state index contributed by atoms with van der Waals surface area (Å²) in [6.45, 7) is 21.3. The number of hydrogen-bond acceptors (Lipinski definition) is 6. The average molecular weight is 628 g/mol. The summed E-state index contributed by atoms with van der Waals surface area (Å²) in [4.78, 5) is 30.0. The Hall–Kier alpha value is -2.51. The number of aliphatic hydroxyl groups is 1. The molecule has 1 spiro atoms. The van der Waals surface area contributed by atoms with Gasteiger partial charge in [-0.25, -0.2) is 0 Å². The average Bonchev–Trinajstić information content (AvgIpc) is 3.64. The number of carbonyl (C=O) groups excluding carboxylic acids is 2. The molecule has 1 aliphatic carbocycles. The molecule has 0 radical (unpaired) electrons. The number of amides is 1. The maximum absolute atomic E-state index is 12.8. The fourth-order valence-corrected chi connectivity index (χ4v) is 5.49. The second kappa shape index (κ2) is 21.3. The molecule has 1 amide bonds. The highest BCUT2D eigenvalue weighted by Crippen LogP contribution is 2.39. The van der Waals surface area contributed by atoms with Crippen LogP contribution in [0.3, 0.4) is 0 Å². The van der Waals surface area contributed by atoms with Crippen molar-refractivity contribution in [2.45, 2.75) is 133 Å². The third-order valence-corrected chi connectivity index (χ3v) is 9.17. The van der Waals surface area contributed by atoms with Crippen LogP contribution in [0.4, 0.5) is 0 Å². The Kier molecular flexibility index (Phi) is 19.2. The van der Waals surface area contributed by atoms with Crippen molar-refractivity contribution in [1.29, 1.82) is 0 Å². The summed E-state index contributed by atoms with van der Waals surface area (Å²) in [6, 6.07) is 6.38. The first-order valence-electron chi connectivity index (χ1n) is 17.4. The zero-order chi connectivity index (χ0) is 34.0. The molecule has 1 aromatic rings. The smallest absolute Gasteiger partial charge is 0.270 e. The third-order valence-electron chi connectivity index (χ3n) is 9.17. The number of likely N-dealkylation sites (tertiary alicyclic amines) is 1. The minimum Gasteiger partial charge on any atom is -0.394 e. The summed E-state index contributed by atoms with van der Waals surface area (Å²) in [5.41, 5.74) is 12.0. The van der Waals surface area contributed by atoms with E-state index in [1.54, 1.807) is 4.90 Å². The monoisotopic (exact) mass is 627 g/mol. The fraction of sp³-hybridized carbons (Fsp3) is 0.711. The Balaban J connectivity index is 0.000000412. The standard InChI is InChI=1S/C18H27N3O4.C9H12.C7H16.C4H10/c1-12(22)9-20-14-4-2-3-13(14)16(19)17(24)21-7-5-18(6-8-21)11-25-10-15(18)23;1-7-5-4-6-8(2)9(7)3;1-4-5-6-7(2)3;1-3-4-2/h15,23H,2-11,19H2,1H3;4-6H,1-3H3;7H,4-6H2,1-3H3;3-4H2,1-2H3/b16-13-,20-14?;;;. The fourth-order valence-electron chi connectivity index (χ4n) is 5.49. The van der Waals surface area contributed by atoms with Gasteiger partial charge < -0.3 is 20.5 Å². The van der Waals surface area contributed by atoms with E-state index in [-0.39, 0.29) is 29.3 Å². The lowest BCUT2D eigenvalue weighted by Gasteiger charge is -2.40. The number of unbranched alkanes of at least 4 members (excludes halogenated alkanes) is 2. The number of rotatable bonds is 7. The zero-order valence-corrected chi connectivity index (χ0v) is 30.1. The lowest BCUT2D eigenvalue weighted by molar-refractivity contribution is -0.130. The molecular weight excluding hydrogens is 562 g/mol. The molecule has 0 bridgehead atoms. The number of allylic oxidation sites excluding steroid dienone is 1. The van der Waals surface area contributed by atoms with Crippen LogP contribution in [0.2, 0.25) is 0 Å². The van der Waals surface area contributed by atoms with E-state index in [9.17, 15) is 14.7 Å². The van der Waals surface area contributed by atoms with E-state index >= 15 is 0 Å². The van der Waals surface area contributed by atoms with Crippen LogP contribution in [0.15, 0.2) is 34.5 Å². The molecule has 4 rings (SSSR count). The Morgan fingerprint density at radius 1 is 1.04 bits per heavy atom. The summed E-state index contributed by atoms with van der Waals surface area (Å²) in [5, 5.41) is 10.1. The van der Waals surface area contributed by atoms with Crippen molar-refractivity contribution >= 4 is 17.4 Å². The van der Waals surface area contributed by atoms with E-state index in [4.69, 9.17) is 10.5 Å². The molecule has 7 heteroatoms. The largest absolute Gasteiger partial charge is 0.394 e. The minimum atomic E-state index is -0.444. The van der Waals surface area contributed by atoms with Crippen LogP contribution >= 0.6 is 0 Å². The molecule has 1 unspecified atom stereocenters. The van der Waals surface area contributed by atoms with Crippen LogP contribution in [0, 0.1) is 32.1 Å². The van der Waals surface area contributed by atoms with E-state index in [2.05, 4.69) is 78.6 Å². The van der Waals surface area contributed by atoms with E-state index in [0.29, 0.717) is 26.3 Å². The minimum absolute atomic E-state index is 0.00215. The van der Waals surface area contributed by atoms with Crippen molar-refractivity contribution in [3.05, 3.63) is 46.2 Å². The highest BCUT2D eigenvalue weighted by molar-refractivity contribution is 6.09. The molecule has 3 fully saturated rings. The van der Waals surface area contributed by atoms with Gasteiger partial charge in [0.05, 0.1) is 25.9 Å². The number of piperidine rings is 1. The van der Waals surface area contributed by atoms with Gasteiger partial charge >= 0.3 is 0 Å². The highest BCUT2D eigenvalue weighted by Gasteiger charge is 2.46. The number of Topliss-reactive ketones (excluding diaryl/α,β-unsaturated/α-hetero) is 1. The Labute approximate surface area is 275 Å². The number of aryl methyl sites for hydroxylation is 2. The lowest BCUT2D eigenvalue weighted by Crippen LogP contribution is -2.48. The van der Waals surface area contributed by atoms with Gasteiger partial charge in [-0.15, -0.1) is 0 Å². The van der Waals surface area contributed by atoms with Crippen molar-refractivity contribution in [2.24, 2.45) is 22.1 Å². The molecule has 1 aromatic carbocycles. The molecule has 2 saturated heterocycles.